The number of halogens is 2. The fourth-order valence-corrected chi connectivity index (χ4v) is 3.14. The lowest BCUT2D eigenvalue weighted by atomic mass is 9.97. The highest BCUT2D eigenvalue weighted by molar-refractivity contribution is 5.94. The average Bonchev–Trinajstić information content (AvgIpc) is 3.38. The Bertz CT molecular complexity index is 916. The van der Waals surface area contributed by atoms with Crippen molar-refractivity contribution in [2.45, 2.75) is 25.8 Å². The maximum absolute atomic E-state index is 14.2. The minimum absolute atomic E-state index is 0.0402. The van der Waals surface area contributed by atoms with Gasteiger partial charge in [-0.15, -0.1) is 0 Å². The molecule has 0 saturated heterocycles. The van der Waals surface area contributed by atoms with Gasteiger partial charge in [-0.05, 0) is 49.6 Å². The number of aliphatic hydroxyl groups excluding tert-OH is 1. The Morgan fingerprint density at radius 2 is 1.92 bits per heavy atom. The van der Waals surface area contributed by atoms with Crippen molar-refractivity contribution in [1.82, 2.24) is 0 Å². The molecule has 2 aliphatic rings. The van der Waals surface area contributed by atoms with E-state index in [0.717, 1.165) is 18.4 Å². The van der Waals surface area contributed by atoms with Gasteiger partial charge in [0.1, 0.15) is 17.4 Å². The number of hydrogen-bond donors (Lipinski definition) is 2. The van der Waals surface area contributed by atoms with Gasteiger partial charge in [-0.3, -0.25) is 0 Å². The van der Waals surface area contributed by atoms with Crippen LogP contribution in [0.4, 0.5) is 25.8 Å². The van der Waals surface area contributed by atoms with Crippen molar-refractivity contribution in [2.24, 2.45) is 0 Å². The topological polar surface area (TPSA) is 35.5 Å². The molecule has 0 atom stereocenters. The van der Waals surface area contributed by atoms with Gasteiger partial charge >= 0.3 is 0 Å². The monoisotopic (exact) mass is 340 g/mol. The predicted octanol–water partition coefficient (Wildman–Crippen LogP) is 5.41. The van der Waals surface area contributed by atoms with E-state index in [1.807, 2.05) is 4.90 Å². The quantitative estimate of drug-likeness (QED) is 0.784. The van der Waals surface area contributed by atoms with Crippen LogP contribution in [0, 0.1) is 18.6 Å². The minimum atomic E-state index is -0.429. The third-order valence-electron chi connectivity index (χ3n) is 4.57. The first-order valence-electron chi connectivity index (χ1n) is 8.19. The SMILES string of the molecule is C=C1C(O)=CN(C2CC2)c2cc(F)cc(Nc3ccc(C)cc3F)c21. The molecule has 1 aliphatic heterocycles. The van der Waals surface area contributed by atoms with E-state index in [1.165, 1.54) is 18.2 Å². The summed E-state index contributed by atoms with van der Waals surface area (Å²) >= 11 is 0. The molecule has 0 unspecified atom stereocenters. The van der Waals surface area contributed by atoms with Gasteiger partial charge in [0.05, 0.1) is 17.1 Å². The molecule has 4 rings (SSSR count). The summed E-state index contributed by atoms with van der Waals surface area (Å²) in [7, 11) is 0. The zero-order valence-electron chi connectivity index (χ0n) is 13.8. The first kappa shape index (κ1) is 15.7. The standard InChI is InChI=1S/C20H18F2N2O/c1-11-3-6-16(15(22)7-11)23-17-8-13(21)9-18-20(17)12(2)19(25)10-24(18)14-4-5-14/h3,6-10,14,23,25H,2,4-5H2,1H3. The van der Waals surface area contributed by atoms with Crippen LogP contribution in [0.25, 0.3) is 5.57 Å². The number of allylic oxidation sites excluding steroid dienone is 1. The van der Waals surface area contributed by atoms with Crippen molar-refractivity contribution < 1.29 is 13.9 Å². The second kappa shape index (κ2) is 5.62. The highest BCUT2D eigenvalue weighted by Gasteiger charge is 2.34. The van der Waals surface area contributed by atoms with Gasteiger partial charge in [0.15, 0.2) is 0 Å². The lowest BCUT2D eigenvalue weighted by molar-refractivity contribution is 0.433. The lowest BCUT2D eigenvalue weighted by Gasteiger charge is -2.30. The molecule has 3 nitrogen and oxygen atoms in total. The molecule has 1 heterocycles. The smallest absolute Gasteiger partial charge is 0.146 e. The molecule has 25 heavy (non-hydrogen) atoms. The van der Waals surface area contributed by atoms with Crippen LogP contribution in [0.2, 0.25) is 0 Å². The van der Waals surface area contributed by atoms with Crippen molar-refractivity contribution >= 4 is 22.6 Å². The second-order valence-corrected chi connectivity index (χ2v) is 6.59. The number of benzene rings is 2. The molecule has 2 N–H and O–H groups in total. The van der Waals surface area contributed by atoms with Gasteiger partial charge in [0, 0.05) is 23.4 Å². The normalized spacial score (nSPS) is 16.5. The minimum Gasteiger partial charge on any atom is -0.506 e. The van der Waals surface area contributed by atoms with E-state index in [2.05, 4.69) is 11.9 Å². The molecular formula is C20H18F2N2O. The number of aliphatic hydroxyl groups is 1. The molecule has 1 aliphatic carbocycles. The molecule has 2 aromatic rings. The van der Waals surface area contributed by atoms with Crippen molar-refractivity contribution in [3.8, 4) is 0 Å². The number of fused-ring (bicyclic) bond motifs is 1. The molecule has 0 aromatic heterocycles. The summed E-state index contributed by atoms with van der Waals surface area (Å²) in [5, 5.41) is 13.2. The Kier molecular flexibility index (Phi) is 3.53. The van der Waals surface area contributed by atoms with Crippen LogP contribution < -0.4 is 10.2 Å². The third kappa shape index (κ3) is 2.76. The fourth-order valence-electron chi connectivity index (χ4n) is 3.14. The van der Waals surface area contributed by atoms with E-state index in [1.54, 1.807) is 25.3 Å². The maximum Gasteiger partial charge on any atom is 0.146 e. The predicted molar refractivity (Wildman–Crippen MR) is 96.1 cm³/mol. The summed E-state index contributed by atoms with van der Waals surface area (Å²) in [5.41, 5.74) is 3.05. The molecule has 1 fully saturated rings. The van der Waals surface area contributed by atoms with Crippen LogP contribution in [0.1, 0.15) is 24.0 Å². The average molecular weight is 340 g/mol. The van der Waals surface area contributed by atoms with Crippen molar-refractivity contribution in [2.75, 3.05) is 10.2 Å². The Labute approximate surface area is 144 Å². The molecule has 5 heteroatoms. The number of hydrogen-bond acceptors (Lipinski definition) is 3. The molecule has 128 valence electrons. The second-order valence-electron chi connectivity index (χ2n) is 6.59. The summed E-state index contributed by atoms with van der Waals surface area (Å²) in [5.74, 6) is -0.807. The Morgan fingerprint density at radius 1 is 1.16 bits per heavy atom. The van der Waals surface area contributed by atoms with E-state index in [9.17, 15) is 13.9 Å². The maximum atomic E-state index is 14.2. The molecule has 0 amide bonds. The summed E-state index contributed by atoms with van der Waals surface area (Å²) in [6, 6.07) is 7.78. The zero-order valence-corrected chi connectivity index (χ0v) is 13.8. The number of nitrogens with zero attached hydrogens (tertiary/aromatic N) is 1. The molecule has 0 spiro atoms. The van der Waals surface area contributed by atoms with Crippen molar-refractivity contribution in [3.05, 3.63) is 71.6 Å². The Hall–Kier alpha value is -2.82. The molecule has 1 saturated carbocycles. The Balaban J connectivity index is 1.83. The van der Waals surface area contributed by atoms with E-state index >= 15 is 0 Å². The largest absolute Gasteiger partial charge is 0.506 e. The highest BCUT2D eigenvalue weighted by atomic mass is 19.1. The molecule has 0 radical (unpaired) electrons. The zero-order chi connectivity index (χ0) is 17.7. The van der Waals surface area contributed by atoms with Crippen LogP contribution in [-0.4, -0.2) is 11.1 Å². The number of aryl methyl sites for hydroxylation is 1. The van der Waals surface area contributed by atoms with Crippen LogP contribution >= 0.6 is 0 Å². The first-order valence-corrected chi connectivity index (χ1v) is 8.19. The van der Waals surface area contributed by atoms with Gasteiger partial charge < -0.3 is 15.3 Å². The lowest BCUT2D eigenvalue weighted by Crippen LogP contribution is -2.24. The van der Waals surface area contributed by atoms with E-state index in [0.29, 0.717) is 22.5 Å². The first-order chi connectivity index (χ1) is 11.9. The third-order valence-corrected chi connectivity index (χ3v) is 4.57. The molecular weight excluding hydrogens is 322 g/mol. The highest BCUT2D eigenvalue weighted by Crippen LogP contribution is 2.45. The molecule has 0 bridgehead atoms. The van der Waals surface area contributed by atoms with Crippen molar-refractivity contribution in [3.63, 3.8) is 0 Å². The fraction of sp³-hybridized carbons (Fsp3) is 0.200. The van der Waals surface area contributed by atoms with E-state index in [4.69, 9.17) is 0 Å². The van der Waals surface area contributed by atoms with Gasteiger partial charge in [-0.2, -0.15) is 0 Å². The Morgan fingerprint density at radius 3 is 2.60 bits per heavy atom. The number of anilines is 3. The summed E-state index contributed by atoms with van der Waals surface area (Å²) in [6.07, 6.45) is 3.57. The van der Waals surface area contributed by atoms with Crippen LogP contribution in [0.5, 0.6) is 0 Å². The van der Waals surface area contributed by atoms with Gasteiger partial charge in [0.25, 0.3) is 0 Å². The van der Waals surface area contributed by atoms with Crippen LogP contribution in [-0.2, 0) is 0 Å². The molecule has 2 aromatic carbocycles. The number of nitrogens with one attached hydrogen (secondary N) is 1. The van der Waals surface area contributed by atoms with Crippen LogP contribution in [0.3, 0.4) is 0 Å². The van der Waals surface area contributed by atoms with Gasteiger partial charge in [-0.25, -0.2) is 8.78 Å². The van der Waals surface area contributed by atoms with Gasteiger partial charge in [-0.1, -0.05) is 12.6 Å². The van der Waals surface area contributed by atoms with E-state index in [-0.39, 0.29) is 17.5 Å². The summed E-state index contributed by atoms with van der Waals surface area (Å²) < 4.78 is 28.4. The number of rotatable bonds is 3. The van der Waals surface area contributed by atoms with Gasteiger partial charge in [0.2, 0.25) is 0 Å². The summed E-state index contributed by atoms with van der Waals surface area (Å²) in [6.45, 7) is 5.72. The van der Waals surface area contributed by atoms with Crippen molar-refractivity contribution in [1.29, 1.82) is 0 Å². The van der Waals surface area contributed by atoms with Crippen LogP contribution in [0.15, 0.2) is 48.9 Å². The van der Waals surface area contributed by atoms with E-state index < -0.39 is 11.6 Å². The summed E-state index contributed by atoms with van der Waals surface area (Å²) in [4.78, 5) is 1.87.